The normalized spacial score (nSPS) is 11.3. The van der Waals surface area contributed by atoms with Crippen molar-refractivity contribution in [3.63, 3.8) is 0 Å². The molecule has 488 valence electrons. The summed E-state index contributed by atoms with van der Waals surface area (Å²) in [6.45, 7) is 7.48. The van der Waals surface area contributed by atoms with Crippen molar-refractivity contribution in [1.82, 2.24) is 44.9 Å². The summed E-state index contributed by atoms with van der Waals surface area (Å²) >= 11 is 0. The maximum atomic E-state index is 5.82. The van der Waals surface area contributed by atoms with E-state index in [1.54, 1.807) is 55.8 Å². The predicted molar refractivity (Wildman–Crippen MR) is 355 cm³/mol. The molecule has 0 N–H and O–H groups in total. The molecular formula is C75H66Cl4Fe2N12O3. The Bertz CT molecular complexity index is 3710. The number of benzene rings is 3. The van der Waals surface area contributed by atoms with Crippen molar-refractivity contribution < 1.29 is 98.0 Å². The average Bonchev–Trinajstić information content (AvgIpc) is 1.22. The van der Waals surface area contributed by atoms with E-state index in [0.29, 0.717) is 37.1 Å². The van der Waals surface area contributed by atoms with Crippen LogP contribution in [0.3, 0.4) is 0 Å². The smallest absolute Gasteiger partial charge is 1.00 e. The molecule has 0 aliphatic carbocycles. The molecule has 3 atom stereocenters. The molecule has 0 radical (unpaired) electrons. The largest absolute Gasteiger partial charge is 2.00 e. The summed E-state index contributed by atoms with van der Waals surface area (Å²) in [7, 11) is 0. The first-order valence-corrected chi connectivity index (χ1v) is 29.4. The van der Waals surface area contributed by atoms with Gasteiger partial charge in [-0.1, -0.05) is 127 Å². The van der Waals surface area contributed by atoms with E-state index in [2.05, 4.69) is 117 Å². The molecule has 0 saturated heterocycles. The molecule has 9 heterocycles. The van der Waals surface area contributed by atoms with Crippen LogP contribution in [-0.2, 0) is 54.0 Å². The summed E-state index contributed by atoms with van der Waals surface area (Å²) in [5, 5.41) is 0. The van der Waals surface area contributed by atoms with Gasteiger partial charge in [-0.3, -0.25) is 59.8 Å². The van der Waals surface area contributed by atoms with Crippen LogP contribution in [0.1, 0.15) is 89.4 Å². The summed E-state index contributed by atoms with van der Waals surface area (Å²) in [6.07, 6.45) is 21.2. The first-order chi connectivity index (χ1) is 44.3. The second-order valence-corrected chi connectivity index (χ2v) is 20.5. The number of halogens is 4. The van der Waals surface area contributed by atoms with Gasteiger partial charge in [-0.25, -0.2) is 0 Å². The Morgan fingerprint density at radius 3 is 0.760 bits per heavy atom. The Labute approximate surface area is 606 Å². The average molecular weight is 1440 g/mol. The Hall–Kier alpha value is -9.38. The van der Waals surface area contributed by atoms with Crippen molar-refractivity contribution in [2.24, 2.45) is 15.0 Å². The fraction of sp³-hybridized carbons (Fsp3) is 0.120. The first kappa shape index (κ1) is 79.1. The summed E-state index contributed by atoms with van der Waals surface area (Å²) < 4.78 is 17.5. The van der Waals surface area contributed by atoms with Gasteiger partial charge in [0.05, 0.1) is 88.0 Å². The fourth-order valence-electron chi connectivity index (χ4n) is 8.70. The number of rotatable bonds is 21. The van der Waals surface area contributed by atoms with Crippen LogP contribution in [0, 0.1) is 0 Å². The van der Waals surface area contributed by atoms with Crippen LogP contribution in [0.15, 0.2) is 289 Å². The van der Waals surface area contributed by atoms with Crippen LogP contribution in [0.2, 0.25) is 0 Å². The molecule has 21 heteroatoms. The number of hydrogen-bond donors (Lipinski definition) is 0. The van der Waals surface area contributed by atoms with Gasteiger partial charge >= 0.3 is 34.1 Å². The molecule has 0 aliphatic rings. The van der Waals surface area contributed by atoms with E-state index in [1.165, 1.54) is 16.7 Å². The summed E-state index contributed by atoms with van der Waals surface area (Å²) in [5.74, 6) is 2.12. The molecule has 0 spiro atoms. The second-order valence-electron chi connectivity index (χ2n) is 20.5. The summed E-state index contributed by atoms with van der Waals surface area (Å²) in [5.41, 5.74) is 14.0. The Balaban J connectivity index is 0.000000297. The van der Waals surface area contributed by atoms with Crippen molar-refractivity contribution in [1.29, 1.82) is 0 Å². The molecule has 0 bridgehead atoms. The van der Waals surface area contributed by atoms with Crippen molar-refractivity contribution in [3.05, 3.63) is 325 Å². The number of pyridine rings is 9. The van der Waals surface area contributed by atoms with Crippen molar-refractivity contribution in [2.75, 3.05) is 0 Å². The van der Waals surface area contributed by atoms with Crippen LogP contribution in [0.25, 0.3) is 34.2 Å². The summed E-state index contributed by atoms with van der Waals surface area (Å²) in [4.78, 5) is 53.3. The number of aromatic nitrogens is 9. The topological polar surface area (TPSA) is 181 Å². The number of hydrogen-bond acceptors (Lipinski definition) is 15. The molecular weight excluding hydrogens is 1370 g/mol. The molecule has 12 aromatic rings. The summed E-state index contributed by atoms with van der Waals surface area (Å²) in [6, 6.07) is 71.4. The molecule has 0 amide bonds. The Morgan fingerprint density at radius 1 is 0.281 bits per heavy atom. The molecule has 15 nitrogen and oxygen atoms in total. The minimum absolute atomic E-state index is 0. The van der Waals surface area contributed by atoms with Crippen LogP contribution < -0.4 is 63.8 Å². The Kier molecular flexibility index (Phi) is 35.3. The van der Waals surface area contributed by atoms with Gasteiger partial charge in [0, 0.05) is 72.5 Å². The maximum Gasteiger partial charge on any atom is 2.00 e. The Morgan fingerprint density at radius 2 is 0.542 bits per heavy atom. The minimum Gasteiger partial charge on any atom is -1.00 e. The van der Waals surface area contributed by atoms with Gasteiger partial charge < -0.3 is 63.8 Å². The monoisotopic (exact) mass is 1430 g/mol. The van der Waals surface area contributed by atoms with Gasteiger partial charge in [0.25, 0.3) is 0 Å². The number of ether oxygens (including phenoxy) is 3. The van der Waals surface area contributed by atoms with Gasteiger partial charge in [0.15, 0.2) is 0 Å². The molecule has 0 aliphatic heterocycles. The molecule has 96 heavy (non-hydrogen) atoms. The van der Waals surface area contributed by atoms with E-state index < -0.39 is 0 Å². The van der Waals surface area contributed by atoms with Crippen LogP contribution in [0.4, 0.5) is 0 Å². The number of aliphatic imine (C=N–C) groups is 3. The third-order valence-corrected chi connectivity index (χ3v) is 13.9. The molecule has 12 rings (SSSR count). The predicted octanol–water partition coefficient (Wildman–Crippen LogP) is 3.90. The van der Waals surface area contributed by atoms with Crippen LogP contribution in [-0.4, -0.2) is 63.5 Å². The zero-order valence-electron chi connectivity index (χ0n) is 52.4. The van der Waals surface area contributed by atoms with E-state index in [0.717, 1.165) is 67.9 Å². The SMILES string of the molecule is C[C@H](N=Cc1ccc(OCc2ccc(-c3ccccn3)nc2)cn1)c1ccccc1.C[C@H](N=Cc1ccc(OCc2ccc(-c3ccccn3)nc2)cn1)c1ccccc1.C[C@H](N=Cc1ccc(OCc2ccc(-c3ccccn3)nc2)cn1)c1ccccc1.[Cl-].[Cl-].[Cl-].[Cl-].[Fe+2].[Fe+2]. The van der Waals surface area contributed by atoms with Gasteiger partial charge in [0.1, 0.15) is 37.1 Å². The van der Waals surface area contributed by atoms with Gasteiger partial charge in [-0.2, -0.15) is 0 Å². The van der Waals surface area contributed by atoms with Gasteiger partial charge in [0.2, 0.25) is 0 Å². The second kappa shape index (κ2) is 42.8. The zero-order valence-corrected chi connectivity index (χ0v) is 57.6. The van der Waals surface area contributed by atoms with Crippen molar-refractivity contribution in [2.45, 2.75) is 58.7 Å². The van der Waals surface area contributed by atoms with E-state index in [1.807, 2.05) is 201 Å². The quantitative estimate of drug-likeness (QED) is 0.0750. The van der Waals surface area contributed by atoms with E-state index in [9.17, 15) is 0 Å². The number of nitrogens with zero attached hydrogens (tertiary/aromatic N) is 12. The van der Waals surface area contributed by atoms with Crippen LogP contribution >= 0.6 is 0 Å². The third kappa shape index (κ3) is 25.4. The standard InChI is InChI=1S/3C25H22N4O.4ClH.2Fe/c3*1-19(21-7-3-2-4-8-21)27-16-22-11-12-23(17-28-22)30-18-20-10-13-25(29-15-20)24-9-5-6-14-26-24;;;;;;/h3*2-17,19H,18H2,1H3;4*1H;;/q;;;;;;;2*+2/p-4/t3*19-;;;;;;/m000....../s1. The molecule has 3 aromatic carbocycles. The van der Waals surface area contributed by atoms with Crippen molar-refractivity contribution in [3.8, 4) is 51.4 Å². The third-order valence-electron chi connectivity index (χ3n) is 13.9. The van der Waals surface area contributed by atoms with Gasteiger partial charge in [-0.15, -0.1) is 0 Å². The fourth-order valence-corrected chi connectivity index (χ4v) is 8.70. The molecule has 0 fully saturated rings. The zero-order chi connectivity index (χ0) is 61.8. The van der Waals surface area contributed by atoms with E-state index in [4.69, 9.17) is 14.2 Å². The maximum absolute atomic E-state index is 5.82. The first-order valence-electron chi connectivity index (χ1n) is 29.4. The molecule has 9 aromatic heterocycles. The molecule has 0 unspecified atom stereocenters. The van der Waals surface area contributed by atoms with Crippen molar-refractivity contribution >= 4 is 18.6 Å². The van der Waals surface area contributed by atoms with Gasteiger partial charge in [-0.05, 0) is 128 Å². The van der Waals surface area contributed by atoms with E-state index >= 15 is 0 Å². The van der Waals surface area contributed by atoms with Crippen LogP contribution in [0.5, 0.6) is 17.2 Å². The molecule has 0 saturated carbocycles. The van der Waals surface area contributed by atoms with E-state index in [-0.39, 0.29) is 102 Å². The minimum atomic E-state index is 0.